The van der Waals surface area contributed by atoms with Crippen molar-refractivity contribution in [1.29, 1.82) is 0 Å². The van der Waals surface area contributed by atoms with Gasteiger partial charge in [0.05, 0.1) is 0 Å². The van der Waals surface area contributed by atoms with E-state index in [1.54, 1.807) is 12.3 Å². The molecule has 0 aliphatic heterocycles. The van der Waals surface area contributed by atoms with Crippen molar-refractivity contribution in [2.45, 2.75) is 6.42 Å². The van der Waals surface area contributed by atoms with Gasteiger partial charge in [0.2, 0.25) is 0 Å². The monoisotopic (exact) mass is 271 g/mol. The van der Waals surface area contributed by atoms with E-state index in [1.807, 2.05) is 0 Å². The highest BCUT2D eigenvalue weighted by molar-refractivity contribution is 9.10. The van der Waals surface area contributed by atoms with E-state index in [0.717, 1.165) is 4.47 Å². The second-order valence-corrected chi connectivity index (χ2v) is 3.71. The molecule has 0 atom stereocenters. The summed E-state index contributed by atoms with van der Waals surface area (Å²) in [6.07, 6.45) is 2.33. The van der Waals surface area contributed by atoms with Gasteiger partial charge in [-0.1, -0.05) is 5.11 Å². The van der Waals surface area contributed by atoms with Gasteiger partial charge in [-0.15, -0.1) is 0 Å². The SMILES string of the molecule is [N-]=[N+]=NCCCNC(=O)c1cc(Br)c[nH]1. The topological polar surface area (TPSA) is 93.7 Å². The van der Waals surface area contributed by atoms with E-state index in [4.69, 9.17) is 5.53 Å². The summed E-state index contributed by atoms with van der Waals surface area (Å²) in [5, 5.41) is 6.06. The van der Waals surface area contributed by atoms with E-state index < -0.39 is 0 Å². The second kappa shape index (κ2) is 6.10. The highest BCUT2D eigenvalue weighted by atomic mass is 79.9. The Bertz CT molecular complexity index is 382. The quantitative estimate of drug-likeness (QED) is 0.365. The summed E-state index contributed by atoms with van der Waals surface area (Å²) in [6, 6.07) is 1.70. The maximum atomic E-state index is 11.4. The molecule has 15 heavy (non-hydrogen) atoms. The second-order valence-electron chi connectivity index (χ2n) is 2.80. The molecule has 0 bridgehead atoms. The van der Waals surface area contributed by atoms with Crippen LogP contribution < -0.4 is 5.32 Å². The summed E-state index contributed by atoms with van der Waals surface area (Å²) < 4.78 is 0.835. The smallest absolute Gasteiger partial charge is 0.267 e. The number of nitrogens with one attached hydrogen (secondary N) is 2. The highest BCUT2D eigenvalue weighted by Gasteiger charge is 2.05. The van der Waals surface area contributed by atoms with Gasteiger partial charge in [0.25, 0.3) is 5.91 Å². The Kier molecular flexibility index (Phi) is 4.73. The molecular weight excluding hydrogens is 262 g/mol. The van der Waals surface area contributed by atoms with E-state index >= 15 is 0 Å². The summed E-state index contributed by atoms with van der Waals surface area (Å²) >= 11 is 3.24. The third-order valence-corrected chi connectivity index (χ3v) is 2.13. The Morgan fingerprint density at radius 2 is 2.53 bits per heavy atom. The number of amides is 1. The number of carbonyl (C=O) groups excluding carboxylic acids is 1. The molecule has 0 unspecified atom stereocenters. The minimum absolute atomic E-state index is 0.165. The van der Waals surface area contributed by atoms with Crippen LogP contribution in [0.2, 0.25) is 0 Å². The molecule has 0 aliphatic rings. The van der Waals surface area contributed by atoms with Crippen LogP contribution in [0.4, 0.5) is 0 Å². The molecule has 6 nitrogen and oxygen atoms in total. The van der Waals surface area contributed by atoms with Gasteiger partial charge in [0, 0.05) is 28.7 Å². The van der Waals surface area contributed by atoms with Gasteiger partial charge in [0.15, 0.2) is 0 Å². The number of aromatic amines is 1. The van der Waals surface area contributed by atoms with Crippen molar-refractivity contribution in [1.82, 2.24) is 10.3 Å². The molecule has 1 aromatic heterocycles. The van der Waals surface area contributed by atoms with E-state index in [2.05, 4.69) is 36.3 Å². The first kappa shape index (κ1) is 11.6. The molecule has 0 radical (unpaired) electrons. The summed E-state index contributed by atoms with van der Waals surface area (Å²) in [5.74, 6) is -0.165. The van der Waals surface area contributed by atoms with Crippen LogP contribution in [0.15, 0.2) is 21.9 Å². The standard InChI is InChI=1S/C8H10BrN5O/c9-6-4-7(12-5-6)8(15)11-2-1-3-13-14-10/h4-5,12H,1-3H2,(H,11,15). The molecule has 1 amide bonds. The number of carbonyl (C=O) groups is 1. The number of hydrogen-bond acceptors (Lipinski definition) is 2. The van der Waals surface area contributed by atoms with E-state index in [1.165, 1.54) is 0 Å². The Morgan fingerprint density at radius 1 is 1.73 bits per heavy atom. The zero-order chi connectivity index (χ0) is 11.1. The molecule has 7 heteroatoms. The number of hydrogen-bond donors (Lipinski definition) is 2. The van der Waals surface area contributed by atoms with Crippen molar-refractivity contribution >= 4 is 21.8 Å². The molecule has 0 saturated heterocycles. The number of halogens is 1. The van der Waals surface area contributed by atoms with E-state index in [0.29, 0.717) is 25.2 Å². The van der Waals surface area contributed by atoms with E-state index in [-0.39, 0.29) is 5.91 Å². The molecule has 0 saturated carbocycles. The summed E-state index contributed by atoms with van der Waals surface area (Å²) in [5.41, 5.74) is 8.52. The van der Waals surface area contributed by atoms with Crippen LogP contribution in [0.25, 0.3) is 10.4 Å². The van der Waals surface area contributed by atoms with E-state index in [9.17, 15) is 4.79 Å². The van der Waals surface area contributed by atoms with Crippen LogP contribution in [-0.4, -0.2) is 24.0 Å². The molecule has 0 fully saturated rings. The van der Waals surface area contributed by atoms with Gasteiger partial charge in [-0.25, -0.2) is 0 Å². The molecular formula is C8H10BrN5O. The number of rotatable bonds is 5. The zero-order valence-corrected chi connectivity index (χ0v) is 9.49. The normalized spacial score (nSPS) is 9.40. The van der Waals surface area contributed by atoms with Crippen LogP contribution in [0.3, 0.4) is 0 Å². The minimum atomic E-state index is -0.165. The first-order valence-corrected chi connectivity index (χ1v) is 5.16. The van der Waals surface area contributed by atoms with Gasteiger partial charge >= 0.3 is 0 Å². The summed E-state index contributed by atoms with van der Waals surface area (Å²) in [7, 11) is 0. The third kappa shape index (κ3) is 4.05. The molecule has 1 rings (SSSR count). The lowest BCUT2D eigenvalue weighted by atomic mass is 10.4. The molecule has 1 heterocycles. The average Bonchev–Trinajstić information content (AvgIpc) is 2.64. The minimum Gasteiger partial charge on any atom is -0.356 e. The first-order valence-electron chi connectivity index (χ1n) is 4.37. The Balaban J connectivity index is 2.27. The predicted octanol–water partition coefficient (Wildman–Crippen LogP) is 2.21. The zero-order valence-electron chi connectivity index (χ0n) is 7.90. The van der Waals surface area contributed by atoms with Gasteiger partial charge < -0.3 is 10.3 Å². The Labute approximate surface area is 94.8 Å². The number of nitrogens with zero attached hydrogens (tertiary/aromatic N) is 3. The molecule has 1 aromatic rings. The summed E-state index contributed by atoms with van der Waals surface area (Å²) in [4.78, 5) is 16.9. The fraction of sp³-hybridized carbons (Fsp3) is 0.375. The molecule has 80 valence electrons. The fourth-order valence-electron chi connectivity index (χ4n) is 0.991. The molecule has 0 spiro atoms. The van der Waals surface area contributed by atoms with Gasteiger partial charge in [0.1, 0.15) is 5.69 Å². The van der Waals surface area contributed by atoms with Crippen molar-refractivity contribution in [3.05, 3.63) is 32.9 Å². The van der Waals surface area contributed by atoms with Gasteiger partial charge in [-0.2, -0.15) is 0 Å². The van der Waals surface area contributed by atoms with Crippen LogP contribution in [0.5, 0.6) is 0 Å². The number of aromatic nitrogens is 1. The predicted molar refractivity (Wildman–Crippen MR) is 59.5 cm³/mol. The van der Waals surface area contributed by atoms with Gasteiger partial charge in [-0.3, -0.25) is 4.79 Å². The van der Waals surface area contributed by atoms with Crippen molar-refractivity contribution < 1.29 is 4.79 Å². The molecule has 2 N–H and O–H groups in total. The maximum absolute atomic E-state index is 11.4. The highest BCUT2D eigenvalue weighted by Crippen LogP contribution is 2.10. The van der Waals surface area contributed by atoms with Crippen molar-refractivity contribution in [2.24, 2.45) is 5.11 Å². The van der Waals surface area contributed by atoms with Crippen molar-refractivity contribution in [3.63, 3.8) is 0 Å². The average molecular weight is 272 g/mol. The van der Waals surface area contributed by atoms with Crippen LogP contribution in [-0.2, 0) is 0 Å². The first-order chi connectivity index (χ1) is 7.24. The largest absolute Gasteiger partial charge is 0.356 e. The lowest BCUT2D eigenvalue weighted by Crippen LogP contribution is -2.25. The fourth-order valence-corrected chi connectivity index (χ4v) is 1.33. The Morgan fingerprint density at radius 3 is 3.13 bits per heavy atom. The lowest BCUT2D eigenvalue weighted by Gasteiger charge is -2.00. The lowest BCUT2D eigenvalue weighted by molar-refractivity contribution is 0.0949. The molecule has 0 aliphatic carbocycles. The van der Waals surface area contributed by atoms with Crippen LogP contribution in [0.1, 0.15) is 16.9 Å². The molecule has 0 aromatic carbocycles. The number of azide groups is 1. The Hall–Kier alpha value is -1.46. The maximum Gasteiger partial charge on any atom is 0.267 e. The van der Waals surface area contributed by atoms with Crippen LogP contribution >= 0.6 is 15.9 Å². The third-order valence-electron chi connectivity index (χ3n) is 1.68. The number of H-pyrrole nitrogens is 1. The van der Waals surface area contributed by atoms with Gasteiger partial charge in [-0.05, 0) is 33.9 Å². The van der Waals surface area contributed by atoms with Crippen molar-refractivity contribution in [3.8, 4) is 0 Å². The summed E-state index contributed by atoms with van der Waals surface area (Å²) in [6.45, 7) is 0.889. The van der Waals surface area contributed by atoms with Crippen LogP contribution in [0, 0.1) is 0 Å². The van der Waals surface area contributed by atoms with Crippen molar-refractivity contribution in [2.75, 3.05) is 13.1 Å².